The Morgan fingerprint density at radius 1 is 0.972 bits per heavy atom. The summed E-state index contributed by atoms with van der Waals surface area (Å²) < 4.78 is 20.9. The zero-order valence-corrected chi connectivity index (χ0v) is 19.5. The number of esters is 2. The van der Waals surface area contributed by atoms with E-state index in [1.165, 1.54) is 14.2 Å². The highest BCUT2D eigenvalue weighted by molar-refractivity contribution is 6.12. The molecular weight excluding hydrogens is 464 g/mol. The van der Waals surface area contributed by atoms with Crippen LogP contribution in [0.25, 0.3) is 6.08 Å². The maximum absolute atomic E-state index is 12.3. The van der Waals surface area contributed by atoms with Gasteiger partial charge in [0.25, 0.3) is 5.91 Å². The molecule has 0 saturated heterocycles. The van der Waals surface area contributed by atoms with Crippen molar-refractivity contribution >= 4 is 35.5 Å². The summed E-state index contributed by atoms with van der Waals surface area (Å²) in [5, 5.41) is 2.68. The molecule has 3 aromatic rings. The Bertz CT molecular complexity index is 1350. The van der Waals surface area contributed by atoms with Crippen LogP contribution in [0.1, 0.15) is 21.5 Å². The molecule has 0 aromatic heterocycles. The fourth-order valence-electron chi connectivity index (χ4n) is 3.31. The largest absolute Gasteiger partial charge is 0.493 e. The predicted molar refractivity (Wildman–Crippen MR) is 132 cm³/mol. The van der Waals surface area contributed by atoms with Gasteiger partial charge in [-0.05, 0) is 60.2 Å². The second-order valence-corrected chi connectivity index (χ2v) is 7.52. The number of ether oxygens (including phenoxy) is 4. The Morgan fingerprint density at radius 3 is 2.42 bits per heavy atom. The van der Waals surface area contributed by atoms with Crippen LogP contribution < -0.4 is 14.8 Å². The van der Waals surface area contributed by atoms with Gasteiger partial charge in [0, 0.05) is 11.3 Å². The number of amides is 1. The topological polar surface area (TPSA) is 113 Å². The van der Waals surface area contributed by atoms with Crippen molar-refractivity contribution in [2.45, 2.75) is 0 Å². The number of rotatable bonds is 8. The van der Waals surface area contributed by atoms with E-state index in [0.717, 1.165) is 0 Å². The van der Waals surface area contributed by atoms with Crippen LogP contribution in [-0.4, -0.2) is 44.6 Å². The number of methoxy groups -OCH3 is 2. The molecule has 0 aliphatic carbocycles. The van der Waals surface area contributed by atoms with Crippen LogP contribution in [0, 0.1) is 0 Å². The molecule has 0 spiro atoms. The van der Waals surface area contributed by atoms with Gasteiger partial charge >= 0.3 is 11.9 Å². The molecule has 36 heavy (non-hydrogen) atoms. The maximum Gasteiger partial charge on any atom is 0.363 e. The zero-order valence-electron chi connectivity index (χ0n) is 19.5. The summed E-state index contributed by atoms with van der Waals surface area (Å²) in [4.78, 5) is 40.3. The van der Waals surface area contributed by atoms with Gasteiger partial charge in [-0.1, -0.05) is 24.3 Å². The fraction of sp³-hybridized carbons (Fsp3) is 0.111. The second-order valence-electron chi connectivity index (χ2n) is 7.52. The summed E-state index contributed by atoms with van der Waals surface area (Å²) in [6.07, 6.45) is 1.58. The Kier molecular flexibility index (Phi) is 7.40. The molecule has 1 aliphatic rings. The summed E-state index contributed by atoms with van der Waals surface area (Å²) in [5.41, 5.74) is 2.37. The molecule has 0 saturated carbocycles. The number of hydrogen-bond donors (Lipinski definition) is 1. The van der Waals surface area contributed by atoms with Crippen molar-refractivity contribution in [1.29, 1.82) is 0 Å². The van der Waals surface area contributed by atoms with Gasteiger partial charge in [-0.3, -0.25) is 4.79 Å². The third kappa shape index (κ3) is 5.76. The van der Waals surface area contributed by atoms with Gasteiger partial charge in [0.2, 0.25) is 5.90 Å². The average Bonchev–Trinajstić information content (AvgIpc) is 3.28. The van der Waals surface area contributed by atoms with Crippen LogP contribution in [0.2, 0.25) is 0 Å². The van der Waals surface area contributed by atoms with Crippen molar-refractivity contribution in [3.63, 3.8) is 0 Å². The van der Waals surface area contributed by atoms with Crippen molar-refractivity contribution < 1.29 is 33.3 Å². The zero-order chi connectivity index (χ0) is 25.5. The number of cyclic esters (lactones) is 1. The molecule has 4 rings (SSSR count). The molecule has 0 fully saturated rings. The third-order valence-electron chi connectivity index (χ3n) is 5.08. The van der Waals surface area contributed by atoms with E-state index in [1.54, 1.807) is 60.7 Å². The lowest BCUT2D eigenvalue weighted by Gasteiger charge is -2.12. The molecule has 1 aliphatic heterocycles. The average molecular weight is 486 g/mol. The Hall–Kier alpha value is -4.92. The van der Waals surface area contributed by atoms with Gasteiger partial charge < -0.3 is 24.3 Å². The van der Waals surface area contributed by atoms with Crippen molar-refractivity contribution in [2.24, 2.45) is 4.99 Å². The molecule has 1 N–H and O–H groups in total. The smallest absolute Gasteiger partial charge is 0.363 e. The number of carbonyl (C=O) groups is 3. The number of aliphatic imine (C=N–C) groups is 1. The molecule has 1 amide bonds. The first kappa shape index (κ1) is 24.2. The number of benzene rings is 3. The van der Waals surface area contributed by atoms with E-state index < -0.39 is 17.8 Å². The van der Waals surface area contributed by atoms with Crippen LogP contribution in [0.15, 0.2) is 83.5 Å². The summed E-state index contributed by atoms with van der Waals surface area (Å²) in [5.74, 6) is -0.452. The van der Waals surface area contributed by atoms with Crippen LogP contribution in [0.3, 0.4) is 0 Å². The summed E-state index contributed by atoms with van der Waals surface area (Å²) >= 11 is 0. The van der Waals surface area contributed by atoms with E-state index in [4.69, 9.17) is 14.2 Å². The monoisotopic (exact) mass is 486 g/mol. The molecule has 0 atom stereocenters. The van der Waals surface area contributed by atoms with E-state index >= 15 is 0 Å². The Labute approximate surface area is 207 Å². The third-order valence-corrected chi connectivity index (χ3v) is 5.08. The summed E-state index contributed by atoms with van der Waals surface area (Å²) in [7, 11) is 2.77. The highest BCUT2D eigenvalue weighted by atomic mass is 16.6. The lowest BCUT2D eigenvalue weighted by atomic mass is 10.1. The Morgan fingerprint density at radius 2 is 1.72 bits per heavy atom. The second kappa shape index (κ2) is 11.0. The van der Waals surface area contributed by atoms with Crippen molar-refractivity contribution in [3.05, 3.63) is 95.2 Å². The molecule has 3 aromatic carbocycles. The standard InChI is InChI=1S/C27H22N2O7/c1-33-23-15-17(14-21-27(32)36-25(29-21)18-6-4-3-5-7-18)8-13-22(23)35-16-24(30)28-20-11-9-19(10-12-20)26(31)34-2/h3-15H,16H2,1-2H3,(H,28,30). The fourth-order valence-corrected chi connectivity index (χ4v) is 3.31. The quantitative estimate of drug-likeness (QED) is 0.380. The molecule has 0 bridgehead atoms. The van der Waals surface area contributed by atoms with Crippen molar-refractivity contribution in [1.82, 2.24) is 0 Å². The van der Waals surface area contributed by atoms with Crippen LogP contribution in [0.4, 0.5) is 5.69 Å². The van der Waals surface area contributed by atoms with Gasteiger partial charge in [-0.15, -0.1) is 0 Å². The highest BCUT2D eigenvalue weighted by Crippen LogP contribution is 2.30. The van der Waals surface area contributed by atoms with Crippen LogP contribution >= 0.6 is 0 Å². The first-order chi connectivity index (χ1) is 17.5. The first-order valence-corrected chi connectivity index (χ1v) is 10.8. The molecule has 0 unspecified atom stereocenters. The van der Waals surface area contributed by atoms with Crippen LogP contribution in [-0.2, 0) is 19.1 Å². The molecule has 9 nitrogen and oxygen atoms in total. The van der Waals surface area contributed by atoms with Crippen molar-refractivity contribution in [3.8, 4) is 11.5 Å². The molecule has 0 radical (unpaired) electrons. The number of nitrogens with zero attached hydrogens (tertiary/aromatic N) is 1. The predicted octanol–water partition coefficient (Wildman–Crippen LogP) is 3.84. The molecule has 9 heteroatoms. The SMILES string of the molecule is COC(=O)c1ccc(NC(=O)COc2ccc(C=C3N=C(c4ccccc4)OC3=O)cc2OC)cc1. The van der Waals surface area contributed by atoms with Gasteiger partial charge in [0.05, 0.1) is 19.8 Å². The van der Waals surface area contributed by atoms with Crippen LogP contribution in [0.5, 0.6) is 11.5 Å². The van der Waals surface area contributed by atoms with E-state index in [1.807, 2.05) is 18.2 Å². The first-order valence-electron chi connectivity index (χ1n) is 10.8. The normalized spacial score (nSPS) is 13.6. The number of anilines is 1. The van der Waals surface area contributed by atoms with E-state index in [-0.39, 0.29) is 18.2 Å². The highest BCUT2D eigenvalue weighted by Gasteiger charge is 2.24. The Balaban J connectivity index is 1.40. The lowest BCUT2D eigenvalue weighted by molar-refractivity contribution is -0.130. The molecule has 182 valence electrons. The van der Waals surface area contributed by atoms with E-state index in [2.05, 4.69) is 15.0 Å². The van der Waals surface area contributed by atoms with Gasteiger partial charge in [-0.25, -0.2) is 14.6 Å². The minimum absolute atomic E-state index is 0.155. The number of carbonyl (C=O) groups excluding carboxylic acids is 3. The minimum Gasteiger partial charge on any atom is -0.493 e. The summed E-state index contributed by atoms with van der Waals surface area (Å²) in [6, 6.07) is 20.4. The molecular formula is C27H22N2O7. The van der Waals surface area contributed by atoms with Gasteiger partial charge in [0.1, 0.15) is 0 Å². The van der Waals surface area contributed by atoms with E-state index in [9.17, 15) is 14.4 Å². The number of nitrogens with one attached hydrogen (secondary N) is 1. The minimum atomic E-state index is -0.551. The van der Waals surface area contributed by atoms with Gasteiger partial charge in [0.15, 0.2) is 23.8 Å². The maximum atomic E-state index is 12.3. The molecule has 1 heterocycles. The van der Waals surface area contributed by atoms with Gasteiger partial charge in [-0.2, -0.15) is 0 Å². The lowest BCUT2D eigenvalue weighted by Crippen LogP contribution is -2.20. The van der Waals surface area contributed by atoms with E-state index in [0.29, 0.717) is 33.9 Å². The summed E-state index contributed by atoms with van der Waals surface area (Å²) in [6.45, 7) is -0.271. The van der Waals surface area contributed by atoms with Crippen molar-refractivity contribution in [2.75, 3.05) is 26.1 Å². The number of hydrogen-bond acceptors (Lipinski definition) is 8.